The molecule has 21 heavy (non-hydrogen) atoms. The van der Waals surface area contributed by atoms with Gasteiger partial charge in [-0.2, -0.15) is 0 Å². The molecule has 1 fully saturated rings. The smallest absolute Gasteiger partial charge is 0.255 e. The first-order valence-corrected chi connectivity index (χ1v) is 8.28. The summed E-state index contributed by atoms with van der Waals surface area (Å²) in [5.41, 5.74) is 2.12. The highest BCUT2D eigenvalue weighted by Gasteiger charge is 2.37. The van der Waals surface area contributed by atoms with Crippen LogP contribution in [0, 0.1) is 5.41 Å². The van der Waals surface area contributed by atoms with Crippen LogP contribution in [0.25, 0.3) is 0 Å². The van der Waals surface area contributed by atoms with Crippen LogP contribution in [0.1, 0.15) is 56.8 Å². The molecule has 0 atom stereocenters. The van der Waals surface area contributed by atoms with E-state index in [1.807, 2.05) is 29.2 Å². The van der Waals surface area contributed by atoms with Crippen LogP contribution in [0.2, 0.25) is 0 Å². The number of hydrogen-bond donors (Lipinski definition) is 1. The van der Waals surface area contributed by atoms with Gasteiger partial charge in [0, 0.05) is 25.3 Å². The molecule has 1 aliphatic rings. The Hall–Kier alpha value is -1.51. The van der Waals surface area contributed by atoms with Gasteiger partial charge in [0.05, 0.1) is 5.56 Å². The molecule has 0 aromatic heterocycles. The third kappa shape index (κ3) is 3.39. The summed E-state index contributed by atoms with van der Waals surface area (Å²) in [6.45, 7) is 9.32. The SMILES string of the molecule is CCCNc1ccccc1C(=O)N1CCC(CC)(CC)C1. The third-order valence-corrected chi connectivity index (χ3v) is 4.95. The first kappa shape index (κ1) is 15.9. The first-order valence-electron chi connectivity index (χ1n) is 8.28. The third-order valence-electron chi connectivity index (χ3n) is 4.95. The monoisotopic (exact) mass is 288 g/mol. The molecule has 1 aliphatic heterocycles. The highest BCUT2D eigenvalue weighted by Crippen LogP contribution is 2.37. The Kier molecular flexibility index (Phi) is 5.27. The van der Waals surface area contributed by atoms with Crippen molar-refractivity contribution >= 4 is 11.6 Å². The van der Waals surface area contributed by atoms with Crippen LogP contribution in [0.3, 0.4) is 0 Å². The van der Waals surface area contributed by atoms with Crippen molar-refractivity contribution in [2.75, 3.05) is 25.0 Å². The van der Waals surface area contributed by atoms with Gasteiger partial charge in [0.2, 0.25) is 0 Å². The summed E-state index contributed by atoms with van der Waals surface area (Å²) in [6, 6.07) is 7.89. The Morgan fingerprint density at radius 1 is 1.24 bits per heavy atom. The Bertz CT molecular complexity index is 480. The van der Waals surface area contributed by atoms with Crippen LogP contribution in [0.15, 0.2) is 24.3 Å². The van der Waals surface area contributed by atoms with Crippen LogP contribution in [-0.4, -0.2) is 30.4 Å². The fraction of sp³-hybridized carbons (Fsp3) is 0.611. The van der Waals surface area contributed by atoms with Crippen LogP contribution in [0.5, 0.6) is 0 Å². The second-order valence-corrected chi connectivity index (χ2v) is 6.16. The fourth-order valence-electron chi connectivity index (χ4n) is 3.19. The molecule has 1 saturated heterocycles. The standard InChI is InChI=1S/C18H28N2O/c1-4-12-19-16-10-8-7-9-15(16)17(21)20-13-11-18(5-2,6-3)14-20/h7-10,19H,4-6,11-14H2,1-3H3. The number of nitrogens with zero attached hydrogens (tertiary/aromatic N) is 1. The second-order valence-electron chi connectivity index (χ2n) is 6.16. The summed E-state index contributed by atoms with van der Waals surface area (Å²) in [7, 11) is 0. The molecule has 0 radical (unpaired) electrons. The highest BCUT2D eigenvalue weighted by molar-refractivity contribution is 5.99. The van der Waals surface area contributed by atoms with E-state index in [4.69, 9.17) is 0 Å². The number of rotatable bonds is 6. The number of nitrogens with one attached hydrogen (secondary N) is 1. The molecular formula is C18H28N2O. The summed E-state index contributed by atoms with van der Waals surface area (Å²) >= 11 is 0. The van der Waals surface area contributed by atoms with Crippen LogP contribution >= 0.6 is 0 Å². The van der Waals surface area contributed by atoms with Crippen molar-refractivity contribution in [2.24, 2.45) is 5.41 Å². The zero-order valence-electron chi connectivity index (χ0n) is 13.6. The Labute approximate surface area is 128 Å². The molecule has 1 aromatic rings. The van der Waals surface area contributed by atoms with Gasteiger partial charge in [0.15, 0.2) is 0 Å². The minimum absolute atomic E-state index is 0.179. The average molecular weight is 288 g/mol. The molecule has 1 amide bonds. The topological polar surface area (TPSA) is 32.3 Å². The first-order chi connectivity index (χ1) is 10.2. The van der Waals surface area contributed by atoms with Gasteiger partial charge in [-0.3, -0.25) is 4.79 Å². The predicted octanol–water partition coefficient (Wildman–Crippen LogP) is 4.16. The molecule has 1 N–H and O–H groups in total. The molecule has 3 heteroatoms. The average Bonchev–Trinajstić information content (AvgIpc) is 2.98. The van der Waals surface area contributed by atoms with Crippen molar-refractivity contribution in [3.8, 4) is 0 Å². The maximum absolute atomic E-state index is 12.8. The molecule has 0 aliphatic carbocycles. The van der Waals surface area contributed by atoms with Gasteiger partial charge in [0.1, 0.15) is 0 Å². The van der Waals surface area contributed by atoms with Gasteiger partial charge in [-0.15, -0.1) is 0 Å². The number of amides is 1. The molecule has 0 unspecified atom stereocenters. The van der Waals surface area contributed by atoms with Crippen molar-refractivity contribution in [1.82, 2.24) is 4.90 Å². The zero-order valence-corrected chi connectivity index (χ0v) is 13.6. The van der Waals surface area contributed by atoms with Gasteiger partial charge in [-0.05, 0) is 43.2 Å². The minimum Gasteiger partial charge on any atom is -0.384 e. The number of benzene rings is 1. The molecule has 0 bridgehead atoms. The normalized spacial score (nSPS) is 17.0. The Morgan fingerprint density at radius 3 is 2.57 bits per heavy atom. The summed E-state index contributed by atoms with van der Waals surface area (Å²) in [4.78, 5) is 14.9. The van der Waals surface area contributed by atoms with Crippen LogP contribution < -0.4 is 5.32 Å². The highest BCUT2D eigenvalue weighted by atomic mass is 16.2. The molecule has 1 heterocycles. The van der Waals surface area contributed by atoms with Crippen molar-refractivity contribution in [2.45, 2.75) is 46.5 Å². The van der Waals surface area contributed by atoms with Crippen molar-refractivity contribution in [3.05, 3.63) is 29.8 Å². The quantitative estimate of drug-likeness (QED) is 0.852. The minimum atomic E-state index is 0.179. The van der Waals surface area contributed by atoms with Crippen LogP contribution in [-0.2, 0) is 0 Å². The van der Waals surface area contributed by atoms with Crippen molar-refractivity contribution in [1.29, 1.82) is 0 Å². The molecule has 0 spiro atoms. The van der Waals surface area contributed by atoms with Crippen molar-refractivity contribution < 1.29 is 4.79 Å². The lowest BCUT2D eigenvalue weighted by Crippen LogP contribution is -2.32. The summed E-state index contributed by atoms with van der Waals surface area (Å²) < 4.78 is 0. The number of hydrogen-bond acceptors (Lipinski definition) is 2. The Balaban J connectivity index is 2.14. The number of anilines is 1. The van der Waals surface area contributed by atoms with E-state index in [0.29, 0.717) is 5.41 Å². The van der Waals surface area contributed by atoms with E-state index in [0.717, 1.165) is 56.6 Å². The predicted molar refractivity (Wildman–Crippen MR) is 88.8 cm³/mol. The Morgan fingerprint density at radius 2 is 1.95 bits per heavy atom. The summed E-state index contributed by atoms with van der Waals surface area (Å²) in [6.07, 6.45) is 4.50. The van der Waals surface area contributed by atoms with E-state index in [-0.39, 0.29) is 5.91 Å². The number of carbonyl (C=O) groups is 1. The van der Waals surface area contributed by atoms with E-state index in [9.17, 15) is 4.79 Å². The fourth-order valence-corrected chi connectivity index (χ4v) is 3.19. The maximum atomic E-state index is 12.8. The number of para-hydroxylation sites is 1. The van der Waals surface area contributed by atoms with Gasteiger partial charge in [0.25, 0.3) is 5.91 Å². The lowest BCUT2D eigenvalue weighted by molar-refractivity contribution is 0.0771. The molecule has 2 rings (SSSR count). The van der Waals surface area contributed by atoms with E-state index in [1.165, 1.54) is 0 Å². The molecular weight excluding hydrogens is 260 g/mol. The summed E-state index contributed by atoms with van der Waals surface area (Å²) in [5.74, 6) is 0.179. The van der Waals surface area contributed by atoms with Gasteiger partial charge in [-0.25, -0.2) is 0 Å². The van der Waals surface area contributed by atoms with E-state index < -0.39 is 0 Å². The van der Waals surface area contributed by atoms with E-state index in [1.54, 1.807) is 0 Å². The number of carbonyl (C=O) groups excluding carboxylic acids is 1. The lowest BCUT2D eigenvalue weighted by Gasteiger charge is -2.26. The van der Waals surface area contributed by atoms with Gasteiger partial charge in [-0.1, -0.05) is 32.9 Å². The molecule has 0 saturated carbocycles. The zero-order chi connectivity index (χ0) is 15.3. The molecule has 116 valence electrons. The van der Waals surface area contributed by atoms with Gasteiger partial charge < -0.3 is 10.2 Å². The van der Waals surface area contributed by atoms with Crippen LogP contribution in [0.4, 0.5) is 5.69 Å². The lowest BCUT2D eigenvalue weighted by atomic mass is 9.82. The van der Waals surface area contributed by atoms with E-state index in [2.05, 4.69) is 26.1 Å². The molecule has 3 nitrogen and oxygen atoms in total. The second kappa shape index (κ2) is 6.97. The summed E-state index contributed by atoms with van der Waals surface area (Å²) in [5, 5.41) is 3.37. The number of likely N-dealkylation sites (tertiary alicyclic amines) is 1. The van der Waals surface area contributed by atoms with Crippen molar-refractivity contribution in [3.63, 3.8) is 0 Å². The molecule has 1 aromatic carbocycles. The largest absolute Gasteiger partial charge is 0.384 e. The van der Waals surface area contributed by atoms with Gasteiger partial charge >= 0.3 is 0 Å². The van der Waals surface area contributed by atoms with E-state index >= 15 is 0 Å². The maximum Gasteiger partial charge on any atom is 0.255 e.